The van der Waals surface area contributed by atoms with Crippen molar-refractivity contribution in [1.29, 1.82) is 5.26 Å². The number of carbonyl (C=O) groups is 1. The standard InChI is InChI=1S/C19H16N4O3S/c1-12-15(11-20)19(27-21-12)23-7-5-22(6-8-23)18(25)13-2-3-14-16(24)4-9-26-17(14)10-13/h2-4,9-10H,5-8H2,1H3. The van der Waals surface area contributed by atoms with Gasteiger partial charge in [-0.25, -0.2) is 0 Å². The van der Waals surface area contributed by atoms with Crippen LogP contribution in [0.15, 0.2) is 39.7 Å². The Morgan fingerprint density at radius 2 is 2.04 bits per heavy atom. The summed E-state index contributed by atoms with van der Waals surface area (Å²) >= 11 is 1.32. The van der Waals surface area contributed by atoms with Gasteiger partial charge in [-0.15, -0.1) is 0 Å². The van der Waals surface area contributed by atoms with Crippen molar-refractivity contribution in [3.05, 3.63) is 57.6 Å². The second-order valence-electron chi connectivity index (χ2n) is 6.33. The van der Waals surface area contributed by atoms with Gasteiger partial charge in [0, 0.05) is 37.8 Å². The second kappa shape index (κ2) is 6.85. The van der Waals surface area contributed by atoms with Crippen LogP contribution in [0.25, 0.3) is 11.0 Å². The Labute approximate surface area is 159 Å². The van der Waals surface area contributed by atoms with Gasteiger partial charge in [0.25, 0.3) is 5.91 Å². The molecule has 0 spiro atoms. The van der Waals surface area contributed by atoms with Gasteiger partial charge in [-0.3, -0.25) is 9.59 Å². The number of anilines is 1. The number of rotatable bonds is 2. The summed E-state index contributed by atoms with van der Waals surface area (Å²) in [4.78, 5) is 28.5. The molecule has 27 heavy (non-hydrogen) atoms. The predicted octanol–water partition coefficient (Wildman–Crippen LogP) is 2.39. The van der Waals surface area contributed by atoms with Crippen LogP contribution in [0.1, 0.15) is 21.6 Å². The average Bonchev–Trinajstić information content (AvgIpc) is 3.08. The first-order chi connectivity index (χ1) is 13.1. The molecular formula is C19H16N4O3S. The minimum Gasteiger partial charge on any atom is -0.464 e. The van der Waals surface area contributed by atoms with Crippen LogP contribution < -0.4 is 10.3 Å². The number of fused-ring (bicyclic) bond motifs is 1. The van der Waals surface area contributed by atoms with Crippen LogP contribution in [0.3, 0.4) is 0 Å². The molecule has 7 nitrogen and oxygen atoms in total. The lowest BCUT2D eigenvalue weighted by molar-refractivity contribution is 0.0747. The second-order valence-corrected chi connectivity index (χ2v) is 7.09. The van der Waals surface area contributed by atoms with E-state index in [1.165, 1.54) is 23.9 Å². The Kier molecular flexibility index (Phi) is 4.38. The van der Waals surface area contributed by atoms with Gasteiger partial charge in [0.1, 0.15) is 22.2 Å². The van der Waals surface area contributed by atoms with Gasteiger partial charge >= 0.3 is 0 Å². The number of aryl methyl sites for hydroxylation is 1. The van der Waals surface area contributed by atoms with E-state index in [9.17, 15) is 14.9 Å². The molecular weight excluding hydrogens is 364 g/mol. The summed E-state index contributed by atoms with van der Waals surface area (Å²) in [6, 6.07) is 8.48. The molecule has 0 bridgehead atoms. The van der Waals surface area contributed by atoms with E-state index < -0.39 is 0 Å². The van der Waals surface area contributed by atoms with Crippen molar-refractivity contribution >= 4 is 33.4 Å². The van der Waals surface area contributed by atoms with Crippen LogP contribution in [0.4, 0.5) is 5.00 Å². The number of hydrogen-bond acceptors (Lipinski definition) is 7. The first-order valence-electron chi connectivity index (χ1n) is 8.50. The number of piperazine rings is 1. The van der Waals surface area contributed by atoms with Crippen LogP contribution >= 0.6 is 11.5 Å². The third-order valence-corrected chi connectivity index (χ3v) is 5.72. The van der Waals surface area contributed by atoms with Gasteiger partial charge in [-0.1, -0.05) is 0 Å². The highest BCUT2D eigenvalue weighted by Gasteiger charge is 2.25. The van der Waals surface area contributed by atoms with Gasteiger partial charge < -0.3 is 14.2 Å². The molecule has 1 aliphatic rings. The maximum atomic E-state index is 12.8. The zero-order chi connectivity index (χ0) is 19.0. The molecule has 1 amide bonds. The number of nitrogens with zero attached hydrogens (tertiary/aromatic N) is 4. The molecule has 4 rings (SSSR count). The quantitative estimate of drug-likeness (QED) is 0.678. The summed E-state index contributed by atoms with van der Waals surface area (Å²) < 4.78 is 9.62. The molecule has 0 N–H and O–H groups in total. The monoisotopic (exact) mass is 380 g/mol. The molecule has 1 aliphatic heterocycles. The lowest BCUT2D eigenvalue weighted by Gasteiger charge is -2.35. The van der Waals surface area contributed by atoms with Crippen molar-refractivity contribution in [2.24, 2.45) is 0 Å². The van der Waals surface area contributed by atoms with E-state index in [1.54, 1.807) is 23.1 Å². The smallest absolute Gasteiger partial charge is 0.254 e. The Hall–Kier alpha value is -3.18. The minimum absolute atomic E-state index is 0.0935. The number of hydrogen-bond donors (Lipinski definition) is 0. The van der Waals surface area contributed by atoms with Gasteiger partial charge in [-0.05, 0) is 36.7 Å². The predicted molar refractivity (Wildman–Crippen MR) is 102 cm³/mol. The molecule has 8 heteroatoms. The Morgan fingerprint density at radius 3 is 2.78 bits per heavy atom. The third kappa shape index (κ3) is 3.06. The average molecular weight is 380 g/mol. The normalized spacial score (nSPS) is 14.4. The fourth-order valence-corrected chi connectivity index (χ4v) is 4.11. The van der Waals surface area contributed by atoms with Gasteiger partial charge in [-0.2, -0.15) is 9.64 Å². The highest BCUT2D eigenvalue weighted by Crippen LogP contribution is 2.29. The van der Waals surface area contributed by atoms with E-state index in [-0.39, 0.29) is 11.3 Å². The van der Waals surface area contributed by atoms with Crippen LogP contribution in [0, 0.1) is 18.3 Å². The first-order valence-corrected chi connectivity index (χ1v) is 9.28. The molecule has 136 valence electrons. The lowest BCUT2D eigenvalue weighted by Crippen LogP contribution is -2.48. The van der Waals surface area contributed by atoms with Crippen molar-refractivity contribution in [3.8, 4) is 6.07 Å². The highest BCUT2D eigenvalue weighted by molar-refractivity contribution is 7.10. The summed E-state index contributed by atoms with van der Waals surface area (Å²) in [5.74, 6) is -0.0935. The summed E-state index contributed by atoms with van der Waals surface area (Å²) in [7, 11) is 0. The largest absolute Gasteiger partial charge is 0.464 e. The van der Waals surface area contributed by atoms with E-state index in [1.807, 2.05) is 6.92 Å². The minimum atomic E-state index is -0.128. The van der Waals surface area contributed by atoms with Gasteiger partial charge in [0.15, 0.2) is 5.43 Å². The van der Waals surface area contributed by atoms with Gasteiger partial charge in [0.05, 0.1) is 17.3 Å². The number of carbonyl (C=O) groups excluding carboxylic acids is 1. The zero-order valence-electron chi connectivity index (χ0n) is 14.6. The molecule has 1 fully saturated rings. The molecule has 1 saturated heterocycles. The highest BCUT2D eigenvalue weighted by atomic mass is 32.1. The molecule has 0 atom stereocenters. The van der Waals surface area contributed by atoms with Crippen molar-refractivity contribution in [2.45, 2.75) is 6.92 Å². The molecule has 1 aromatic carbocycles. The van der Waals surface area contributed by atoms with E-state index in [0.29, 0.717) is 48.3 Å². The van der Waals surface area contributed by atoms with Crippen LogP contribution in [0.5, 0.6) is 0 Å². The summed E-state index contributed by atoms with van der Waals surface area (Å²) in [6.45, 7) is 4.22. The number of amides is 1. The summed E-state index contributed by atoms with van der Waals surface area (Å²) in [5.41, 5.74) is 2.14. The third-order valence-electron chi connectivity index (χ3n) is 4.72. The van der Waals surface area contributed by atoms with Crippen LogP contribution in [-0.4, -0.2) is 41.4 Å². The fourth-order valence-electron chi connectivity index (χ4n) is 3.21. The zero-order valence-corrected chi connectivity index (χ0v) is 15.5. The maximum absolute atomic E-state index is 12.8. The maximum Gasteiger partial charge on any atom is 0.254 e. The first kappa shape index (κ1) is 17.2. The number of benzene rings is 1. The molecule has 0 saturated carbocycles. The number of nitriles is 1. The Bertz CT molecular complexity index is 1120. The van der Waals surface area contributed by atoms with Crippen molar-refractivity contribution in [1.82, 2.24) is 9.27 Å². The lowest BCUT2D eigenvalue weighted by atomic mass is 10.1. The Balaban J connectivity index is 1.50. The fraction of sp³-hybridized carbons (Fsp3) is 0.263. The molecule has 0 radical (unpaired) electrons. The topological polar surface area (TPSA) is 90.4 Å². The summed E-state index contributed by atoms with van der Waals surface area (Å²) in [6.07, 6.45) is 1.33. The van der Waals surface area contributed by atoms with E-state index >= 15 is 0 Å². The van der Waals surface area contributed by atoms with Crippen molar-refractivity contribution < 1.29 is 9.21 Å². The van der Waals surface area contributed by atoms with E-state index in [0.717, 1.165) is 10.7 Å². The van der Waals surface area contributed by atoms with Crippen LogP contribution in [0.2, 0.25) is 0 Å². The van der Waals surface area contributed by atoms with Crippen LogP contribution in [-0.2, 0) is 0 Å². The van der Waals surface area contributed by atoms with E-state index in [2.05, 4.69) is 15.3 Å². The number of aromatic nitrogens is 1. The summed E-state index contributed by atoms with van der Waals surface area (Å²) in [5, 5.41) is 10.6. The molecule has 0 aliphatic carbocycles. The molecule has 0 unspecified atom stereocenters. The SMILES string of the molecule is Cc1nsc(N2CCN(C(=O)c3ccc4c(=O)ccoc4c3)CC2)c1C#N. The Morgan fingerprint density at radius 1 is 1.26 bits per heavy atom. The molecule has 3 heterocycles. The molecule has 3 aromatic rings. The van der Waals surface area contributed by atoms with Crippen molar-refractivity contribution in [2.75, 3.05) is 31.1 Å². The van der Waals surface area contributed by atoms with Gasteiger partial charge in [0.2, 0.25) is 0 Å². The van der Waals surface area contributed by atoms with E-state index in [4.69, 9.17) is 4.42 Å². The van der Waals surface area contributed by atoms with Crippen molar-refractivity contribution in [3.63, 3.8) is 0 Å². The molecule has 2 aromatic heterocycles.